The van der Waals surface area contributed by atoms with Crippen molar-refractivity contribution < 1.29 is 0 Å². The fraction of sp³-hybridized carbons (Fsp3) is 0.333. The molecule has 0 saturated carbocycles. The number of rotatable bonds is 4. The van der Waals surface area contributed by atoms with Gasteiger partial charge in [0.15, 0.2) is 5.82 Å². The number of aromatic nitrogens is 5. The van der Waals surface area contributed by atoms with Crippen molar-refractivity contribution in [3.8, 4) is 5.82 Å². The molecule has 0 atom stereocenters. The van der Waals surface area contributed by atoms with Crippen LogP contribution in [0.2, 0.25) is 0 Å². The molecule has 0 saturated heterocycles. The first-order chi connectivity index (χ1) is 10.2. The summed E-state index contributed by atoms with van der Waals surface area (Å²) in [6.45, 7) is 6.90. The average molecular weight is 282 g/mol. The molecule has 0 radical (unpaired) electrons. The van der Waals surface area contributed by atoms with Crippen LogP contribution in [0, 0.1) is 13.8 Å². The van der Waals surface area contributed by atoms with E-state index >= 15 is 0 Å². The van der Waals surface area contributed by atoms with E-state index < -0.39 is 0 Å². The normalized spacial score (nSPS) is 11.0. The maximum absolute atomic E-state index is 4.54. The summed E-state index contributed by atoms with van der Waals surface area (Å²) in [6, 6.07) is 7.86. The third-order valence-electron chi connectivity index (χ3n) is 3.33. The van der Waals surface area contributed by atoms with Gasteiger partial charge in [-0.15, -0.1) is 5.10 Å². The molecule has 0 spiro atoms. The van der Waals surface area contributed by atoms with Crippen molar-refractivity contribution in [1.82, 2.24) is 25.0 Å². The second-order valence-corrected chi connectivity index (χ2v) is 4.98. The number of aryl methyl sites for hydroxylation is 1. The fourth-order valence-corrected chi connectivity index (χ4v) is 2.26. The van der Waals surface area contributed by atoms with Gasteiger partial charge in [0.05, 0.1) is 5.52 Å². The van der Waals surface area contributed by atoms with E-state index in [1.165, 1.54) is 0 Å². The molecular weight excluding hydrogens is 264 g/mol. The standard InChI is InChI=1S/C15H18N6/c1-4-9-16-14-10(2)15(18-11(3)17-14)21-13-8-6-5-7-12(13)19-20-21/h5-8H,4,9H2,1-3H3,(H,16,17,18). The summed E-state index contributed by atoms with van der Waals surface area (Å²) in [7, 11) is 0. The van der Waals surface area contributed by atoms with Gasteiger partial charge < -0.3 is 5.32 Å². The second-order valence-electron chi connectivity index (χ2n) is 4.98. The fourth-order valence-electron chi connectivity index (χ4n) is 2.26. The number of anilines is 1. The zero-order valence-electron chi connectivity index (χ0n) is 12.5. The van der Waals surface area contributed by atoms with E-state index in [0.29, 0.717) is 5.82 Å². The van der Waals surface area contributed by atoms with Gasteiger partial charge >= 0.3 is 0 Å². The minimum absolute atomic E-state index is 0.716. The number of nitrogens with zero attached hydrogens (tertiary/aromatic N) is 5. The van der Waals surface area contributed by atoms with Crippen LogP contribution >= 0.6 is 0 Å². The molecule has 6 nitrogen and oxygen atoms in total. The van der Waals surface area contributed by atoms with Crippen molar-refractivity contribution in [2.75, 3.05) is 11.9 Å². The van der Waals surface area contributed by atoms with Crippen LogP contribution in [0.4, 0.5) is 5.82 Å². The summed E-state index contributed by atoms with van der Waals surface area (Å²) >= 11 is 0. The van der Waals surface area contributed by atoms with Gasteiger partial charge in [-0.05, 0) is 32.4 Å². The van der Waals surface area contributed by atoms with E-state index in [9.17, 15) is 0 Å². The zero-order chi connectivity index (χ0) is 14.8. The number of hydrogen-bond acceptors (Lipinski definition) is 5. The van der Waals surface area contributed by atoms with E-state index in [1.54, 1.807) is 4.68 Å². The molecule has 0 unspecified atom stereocenters. The highest BCUT2D eigenvalue weighted by molar-refractivity contribution is 5.76. The van der Waals surface area contributed by atoms with Crippen LogP contribution in [-0.4, -0.2) is 31.5 Å². The Morgan fingerprint density at radius 2 is 1.95 bits per heavy atom. The van der Waals surface area contributed by atoms with Gasteiger partial charge in [-0.1, -0.05) is 24.3 Å². The number of benzene rings is 1. The van der Waals surface area contributed by atoms with E-state index in [1.807, 2.05) is 38.1 Å². The highest BCUT2D eigenvalue weighted by atomic mass is 15.4. The predicted octanol–water partition coefficient (Wildman–Crippen LogP) is 2.65. The maximum Gasteiger partial charge on any atom is 0.164 e. The summed E-state index contributed by atoms with van der Waals surface area (Å²) in [4.78, 5) is 9.02. The Labute approximate surface area is 123 Å². The summed E-state index contributed by atoms with van der Waals surface area (Å²) < 4.78 is 1.77. The molecule has 108 valence electrons. The van der Waals surface area contributed by atoms with Gasteiger partial charge in [0.25, 0.3) is 0 Å². The van der Waals surface area contributed by atoms with E-state index in [2.05, 4.69) is 32.5 Å². The summed E-state index contributed by atoms with van der Waals surface area (Å²) in [5.74, 6) is 2.35. The molecule has 0 fully saturated rings. The van der Waals surface area contributed by atoms with Crippen molar-refractivity contribution in [3.63, 3.8) is 0 Å². The molecule has 21 heavy (non-hydrogen) atoms. The highest BCUT2D eigenvalue weighted by Gasteiger charge is 2.14. The third-order valence-corrected chi connectivity index (χ3v) is 3.33. The van der Waals surface area contributed by atoms with Crippen molar-refractivity contribution in [3.05, 3.63) is 35.7 Å². The lowest BCUT2D eigenvalue weighted by Gasteiger charge is -2.12. The topological polar surface area (TPSA) is 68.5 Å². The van der Waals surface area contributed by atoms with E-state index in [0.717, 1.165) is 41.2 Å². The molecule has 3 rings (SSSR count). The van der Waals surface area contributed by atoms with Gasteiger partial charge in [-0.2, -0.15) is 4.68 Å². The Morgan fingerprint density at radius 3 is 2.76 bits per heavy atom. The lowest BCUT2D eigenvalue weighted by Crippen LogP contribution is -2.11. The average Bonchev–Trinajstić information content (AvgIpc) is 2.91. The van der Waals surface area contributed by atoms with Crippen LogP contribution in [0.5, 0.6) is 0 Å². The molecule has 0 aliphatic heterocycles. The van der Waals surface area contributed by atoms with Gasteiger partial charge in [-0.3, -0.25) is 0 Å². The van der Waals surface area contributed by atoms with Crippen LogP contribution in [-0.2, 0) is 0 Å². The monoisotopic (exact) mass is 282 g/mol. The molecule has 3 aromatic rings. The van der Waals surface area contributed by atoms with Gasteiger partial charge in [0.1, 0.15) is 17.2 Å². The first-order valence-corrected chi connectivity index (χ1v) is 7.10. The third kappa shape index (κ3) is 2.44. The van der Waals surface area contributed by atoms with E-state index in [4.69, 9.17) is 0 Å². The lowest BCUT2D eigenvalue weighted by molar-refractivity contribution is 0.782. The number of fused-ring (bicyclic) bond motifs is 1. The summed E-state index contributed by atoms with van der Waals surface area (Å²) in [5.41, 5.74) is 2.78. The smallest absolute Gasteiger partial charge is 0.164 e. The van der Waals surface area contributed by atoms with Crippen molar-refractivity contribution in [2.24, 2.45) is 0 Å². The lowest BCUT2D eigenvalue weighted by atomic mass is 10.2. The Balaban J connectivity index is 2.15. The van der Waals surface area contributed by atoms with Gasteiger partial charge in [0, 0.05) is 12.1 Å². The largest absolute Gasteiger partial charge is 0.370 e. The summed E-state index contributed by atoms with van der Waals surface area (Å²) in [5, 5.41) is 11.8. The van der Waals surface area contributed by atoms with Crippen LogP contribution in [0.25, 0.3) is 16.9 Å². The number of para-hydroxylation sites is 1. The Hall–Kier alpha value is -2.50. The molecule has 0 aliphatic rings. The molecule has 0 aliphatic carbocycles. The molecular formula is C15H18N6. The minimum atomic E-state index is 0.716. The molecule has 0 bridgehead atoms. The Kier molecular flexibility index (Phi) is 3.51. The first-order valence-electron chi connectivity index (χ1n) is 7.10. The maximum atomic E-state index is 4.54. The molecule has 2 aromatic heterocycles. The van der Waals surface area contributed by atoms with Gasteiger partial charge in [-0.25, -0.2) is 9.97 Å². The Morgan fingerprint density at radius 1 is 1.14 bits per heavy atom. The first kappa shape index (κ1) is 13.5. The van der Waals surface area contributed by atoms with Crippen LogP contribution in [0.1, 0.15) is 24.7 Å². The Bertz CT molecular complexity index is 777. The van der Waals surface area contributed by atoms with Gasteiger partial charge in [0.2, 0.25) is 0 Å². The SMILES string of the molecule is CCCNc1nc(C)nc(-n2nnc3ccccc32)c1C. The molecule has 1 N–H and O–H groups in total. The molecule has 2 heterocycles. The highest BCUT2D eigenvalue weighted by Crippen LogP contribution is 2.21. The summed E-state index contributed by atoms with van der Waals surface area (Å²) in [6.07, 6.45) is 1.05. The van der Waals surface area contributed by atoms with Crippen molar-refractivity contribution in [2.45, 2.75) is 27.2 Å². The quantitative estimate of drug-likeness (QED) is 0.796. The molecule has 0 amide bonds. The minimum Gasteiger partial charge on any atom is -0.370 e. The number of nitrogens with one attached hydrogen (secondary N) is 1. The van der Waals surface area contributed by atoms with Crippen LogP contribution < -0.4 is 5.32 Å². The number of hydrogen-bond donors (Lipinski definition) is 1. The zero-order valence-corrected chi connectivity index (χ0v) is 12.5. The second kappa shape index (κ2) is 5.47. The van der Waals surface area contributed by atoms with E-state index in [-0.39, 0.29) is 0 Å². The van der Waals surface area contributed by atoms with Crippen molar-refractivity contribution >= 4 is 16.9 Å². The predicted molar refractivity (Wildman–Crippen MR) is 82.7 cm³/mol. The molecule has 1 aromatic carbocycles. The van der Waals surface area contributed by atoms with Crippen LogP contribution in [0.3, 0.4) is 0 Å². The molecule has 6 heteroatoms. The van der Waals surface area contributed by atoms with Crippen LogP contribution in [0.15, 0.2) is 24.3 Å². The van der Waals surface area contributed by atoms with Crippen molar-refractivity contribution in [1.29, 1.82) is 0 Å².